The number of para-hydroxylation sites is 1. The number of H-pyrrole nitrogens is 1. The van der Waals surface area contributed by atoms with Crippen LogP contribution in [0.15, 0.2) is 36.5 Å². The molecule has 0 aliphatic heterocycles. The molecule has 3 rings (SSSR count). The molecule has 0 aliphatic carbocycles. The third-order valence-electron chi connectivity index (χ3n) is 3.07. The minimum Gasteiger partial charge on any atom is -0.356 e. The molecule has 2 N–H and O–H groups in total. The predicted molar refractivity (Wildman–Crippen MR) is 81.6 cm³/mol. The first-order chi connectivity index (χ1) is 10.1. The molecule has 0 saturated heterocycles. The zero-order chi connectivity index (χ0) is 14.8. The van der Waals surface area contributed by atoms with Crippen molar-refractivity contribution in [2.45, 2.75) is 13.5 Å². The average molecular weight is 299 g/mol. The number of carbonyl (C=O) groups is 2. The van der Waals surface area contributed by atoms with Crippen molar-refractivity contribution in [3.8, 4) is 0 Å². The summed E-state index contributed by atoms with van der Waals surface area (Å²) in [6.07, 6.45) is 1.54. The molecule has 0 radical (unpaired) electrons. The van der Waals surface area contributed by atoms with Crippen LogP contribution in [-0.2, 0) is 6.54 Å². The number of fused-ring (bicyclic) bond motifs is 1. The van der Waals surface area contributed by atoms with Gasteiger partial charge in [-0.1, -0.05) is 12.1 Å². The Bertz CT molecular complexity index is 786. The number of aromatic amines is 1. The number of aromatic nitrogens is 2. The minimum absolute atomic E-state index is 0.0727. The lowest BCUT2D eigenvalue weighted by Gasteiger charge is -2.00. The van der Waals surface area contributed by atoms with E-state index in [4.69, 9.17) is 0 Å². The lowest BCUT2D eigenvalue weighted by atomic mass is 10.2. The minimum atomic E-state index is -0.248. The van der Waals surface area contributed by atoms with E-state index in [0.29, 0.717) is 17.8 Å². The second-order valence-electron chi connectivity index (χ2n) is 4.62. The molecule has 0 atom stereocenters. The Kier molecular flexibility index (Phi) is 3.53. The molecule has 2 heterocycles. The van der Waals surface area contributed by atoms with Crippen LogP contribution in [-0.4, -0.2) is 21.7 Å². The van der Waals surface area contributed by atoms with Gasteiger partial charge < -0.3 is 10.3 Å². The van der Waals surface area contributed by atoms with Crippen molar-refractivity contribution in [1.29, 1.82) is 0 Å². The number of hydrogen-bond donors (Lipinski definition) is 2. The van der Waals surface area contributed by atoms with Crippen molar-refractivity contribution in [2.75, 3.05) is 0 Å². The van der Waals surface area contributed by atoms with Crippen LogP contribution in [0, 0.1) is 0 Å². The zero-order valence-corrected chi connectivity index (χ0v) is 12.2. The van der Waals surface area contributed by atoms with E-state index >= 15 is 0 Å². The molecule has 5 nitrogen and oxygen atoms in total. The summed E-state index contributed by atoms with van der Waals surface area (Å²) in [7, 11) is 0. The molecule has 0 spiro atoms. The van der Waals surface area contributed by atoms with Gasteiger partial charge in [0.15, 0.2) is 5.78 Å². The van der Waals surface area contributed by atoms with Gasteiger partial charge in [-0.25, -0.2) is 4.98 Å². The van der Waals surface area contributed by atoms with Crippen molar-refractivity contribution in [3.63, 3.8) is 0 Å². The Morgan fingerprint density at radius 1 is 1.33 bits per heavy atom. The van der Waals surface area contributed by atoms with Gasteiger partial charge in [0, 0.05) is 11.8 Å². The van der Waals surface area contributed by atoms with Crippen LogP contribution >= 0.6 is 11.3 Å². The van der Waals surface area contributed by atoms with E-state index in [-0.39, 0.29) is 11.7 Å². The van der Waals surface area contributed by atoms with Crippen LogP contribution in [0.1, 0.15) is 32.8 Å². The van der Waals surface area contributed by atoms with E-state index in [1.54, 1.807) is 17.4 Å². The summed E-state index contributed by atoms with van der Waals surface area (Å²) in [6.45, 7) is 1.83. The normalized spacial score (nSPS) is 10.7. The summed E-state index contributed by atoms with van der Waals surface area (Å²) < 4.78 is 1.10. The molecule has 0 aliphatic rings. The second kappa shape index (κ2) is 5.49. The smallest absolute Gasteiger partial charge is 0.268 e. The molecule has 106 valence electrons. The van der Waals surface area contributed by atoms with E-state index in [1.165, 1.54) is 13.1 Å². The topological polar surface area (TPSA) is 74.8 Å². The summed E-state index contributed by atoms with van der Waals surface area (Å²) >= 11 is 1.55. The van der Waals surface area contributed by atoms with E-state index in [0.717, 1.165) is 15.2 Å². The molecule has 21 heavy (non-hydrogen) atoms. The van der Waals surface area contributed by atoms with Gasteiger partial charge >= 0.3 is 0 Å². The largest absolute Gasteiger partial charge is 0.356 e. The molecular formula is C15H13N3O2S. The Hall–Kier alpha value is -2.47. The van der Waals surface area contributed by atoms with Crippen LogP contribution in [0.2, 0.25) is 0 Å². The van der Waals surface area contributed by atoms with E-state index < -0.39 is 0 Å². The highest BCUT2D eigenvalue weighted by atomic mass is 32.1. The summed E-state index contributed by atoms with van der Waals surface area (Å²) in [5.41, 5.74) is 1.81. The number of thiazole rings is 1. The maximum Gasteiger partial charge on any atom is 0.268 e. The predicted octanol–water partition coefficient (Wildman–Crippen LogP) is 2.76. The van der Waals surface area contributed by atoms with Crippen molar-refractivity contribution in [3.05, 3.63) is 52.8 Å². The summed E-state index contributed by atoms with van der Waals surface area (Å²) in [5, 5.41) is 3.64. The molecule has 3 aromatic rings. The second-order valence-corrected chi connectivity index (χ2v) is 5.73. The first kappa shape index (κ1) is 13.5. The average Bonchev–Trinajstić information content (AvgIpc) is 3.11. The lowest BCUT2D eigenvalue weighted by molar-refractivity contribution is 0.0946. The Morgan fingerprint density at radius 3 is 2.86 bits per heavy atom. The standard InChI is InChI=1S/C15H13N3O2S/c1-9(19)10-6-12(16-7-10)15(20)17-8-14-18-11-4-2-3-5-13(11)21-14/h2-7,16H,8H2,1H3,(H,17,20). The van der Waals surface area contributed by atoms with E-state index in [2.05, 4.69) is 15.3 Å². The van der Waals surface area contributed by atoms with E-state index in [1.807, 2.05) is 24.3 Å². The quantitative estimate of drug-likeness (QED) is 0.727. The fourth-order valence-corrected chi connectivity index (χ4v) is 2.88. The maximum atomic E-state index is 12.0. The highest BCUT2D eigenvalue weighted by Gasteiger charge is 2.11. The van der Waals surface area contributed by atoms with Gasteiger partial charge in [-0.2, -0.15) is 0 Å². The summed E-state index contributed by atoms with van der Waals surface area (Å²) in [4.78, 5) is 30.4. The maximum absolute atomic E-state index is 12.0. The number of hydrogen-bond acceptors (Lipinski definition) is 4. The zero-order valence-electron chi connectivity index (χ0n) is 11.3. The molecule has 0 bridgehead atoms. The third kappa shape index (κ3) is 2.85. The number of rotatable bonds is 4. The van der Waals surface area contributed by atoms with Gasteiger partial charge in [0.2, 0.25) is 0 Å². The fourth-order valence-electron chi connectivity index (χ4n) is 1.98. The summed E-state index contributed by atoms with van der Waals surface area (Å²) in [5.74, 6) is -0.321. The van der Waals surface area contributed by atoms with Crippen LogP contribution in [0.4, 0.5) is 0 Å². The van der Waals surface area contributed by atoms with Gasteiger partial charge in [0.1, 0.15) is 10.7 Å². The molecule has 0 fully saturated rings. The molecule has 2 aromatic heterocycles. The van der Waals surface area contributed by atoms with Crippen LogP contribution < -0.4 is 5.32 Å². The van der Waals surface area contributed by atoms with Crippen molar-refractivity contribution < 1.29 is 9.59 Å². The number of Topliss-reactive ketones (excluding diaryl/α,β-unsaturated/α-hetero) is 1. The number of benzene rings is 1. The van der Waals surface area contributed by atoms with Crippen molar-refractivity contribution in [1.82, 2.24) is 15.3 Å². The van der Waals surface area contributed by atoms with Gasteiger partial charge in [0.05, 0.1) is 16.8 Å². The molecule has 0 unspecified atom stereocenters. The number of amides is 1. The monoisotopic (exact) mass is 299 g/mol. The van der Waals surface area contributed by atoms with Gasteiger partial charge in [-0.15, -0.1) is 11.3 Å². The number of carbonyl (C=O) groups excluding carboxylic acids is 2. The van der Waals surface area contributed by atoms with Crippen LogP contribution in [0.25, 0.3) is 10.2 Å². The number of nitrogens with zero attached hydrogens (tertiary/aromatic N) is 1. The van der Waals surface area contributed by atoms with Crippen molar-refractivity contribution >= 4 is 33.2 Å². The lowest BCUT2D eigenvalue weighted by Crippen LogP contribution is -2.22. The Balaban J connectivity index is 1.68. The molecular weight excluding hydrogens is 286 g/mol. The SMILES string of the molecule is CC(=O)c1c[nH]c(C(=O)NCc2nc3ccccc3s2)c1. The van der Waals surface area contributed by atoms with Gasteiger partial charge in [0.25, 0.3) is 5.91 Å². The van der Waals surface area contributed by atoms with Gasteiger partial charge in [-0.3, -0.25) is 9.59 Å². The highest BCUT2D eigenvalue weighted by molar-refractivity contribution is 7.18. The molecule has 1 aromatic carbocycles. The highest BCUT2D eigenvalue weighted by Crippen LogP contribution is 2.21. The Morgan fingerprint density at radius 2 is 2.14 bits per heavy atom. The number of ketones is 1. The van der Waals surface area contributed by atoms with E-state index in [9.17, 15) is 9.59 Å². The molecule has 1 amide bonds. The molecule has 6 heteroatoms. The van der Waals surface area contributed by atoms with Crippen LogP contribution in [0.3, 0.4) is 0 Å². The van der Waals surface area contributed by atoms with Crippen molar-refractivity contribution in [2.24, 2.45) is 0 Å². The fraction of sp³-hybridized carbons (Fsp3) is 0.133. The first-order valence-electron chi connectivity index (χ1n) is 6.45. The Labute approximate surface area is 125 Å². The first-order valence-corrected chi connectivity index (χ1v) is 7.27. The third-order valence-corrected chi connectivity index (χ3v) is 4.11. The van der Waals surface area contributed by atoms with Gasteiger partial charge in [-0.05, 0) is 25.1 Å². The molecule has 0 saturated carbocycles. The van der Waals surface area contributed by atoms with Crippen LogP contribution in [0.5, 0.6) is 0 Å². The summed E-state index contributed by atoms with van der Waals surface area (Å²) in [6, 6.07) is 9.40. The number of nitrogens with one attached hydrogen (secondary N) is 2.